The monoisotopic (exact) mass is 387 g/mol. The molecule has 0 bridgehead atoms. The third-order valence-electron chi connectivity index (χ3n) is 4.03. The summed E-state index contributed by atoms with van der Waals surface area (Å²) in [6.45, 7) is 0. The molecule has 138 valence electrons. The zero-order chi connectivity index (χ0) is 19.6. The second kappa shape index (κ2) is 7.63. The summed E-state index contributed by atoms with van der Waals surface area (Å²) in [5, 5.41) is 0.0734. The number of aldehydes is 1. The maximum absolute atomic E-state index is 14.7. The van der Waals surface area contributed by atoms with E-state index < -0.39 is 11.6 Å². The van der Waals surface area contributed by atoms with Gasteiger partial charge in [0.25, 0.3) is 0 Å². The molecule has 0 N–H and O–H groups in total. The molecule has 0 aliphatic rings. The van der Waals surface area contributed by atoms with E-state index in [0.29, 0.717) is 17.6 Å². The Balaban J connectivity index is 2.23. The highest BCUT2D eigenvalue weighted by Crippen LogP contribution is 2.34. The highest BCUT2D eigenvalue weighted by molar-refractivity contribution is 6.31. The summed E-state index contributed by atoms with van der Waals surface area (Å²) < 4.78 is 26.6. The van der Waals surface area contributed by atoms with Crippen LogP contribution in [-0.2, 0) is 0 Å². The molecule has 0 amide bonds. The first-order valence-corrected chi connectivity index (χ1v) is 8.26. The van der Waals surface area contributed by atoms with Crippen LogP contribution in [0.15, 0.2) is 48.8 Å². The summed E-state index contributed by atoms with van der Waals surface area (Å²) in [6, 6.07) is 8.84. The Morgan fingerprint density at radius 2 is 1.93 bits per heavy atom. The van der Waals surface area contributed by atoms with Crippen molar-refractivity contribution in [1.82, 2.24) is 4.57 Å². The minimum absolute atomic E-state index is 0.0117. The van der Waals surface area contributed by atoms with Crippen LogP contribution in [-0.4, -0.2) is 30.9 Å². The molecule has 0 aliphatic carbocycles. The van der Waals surface area contributed by atoms with Crippen LogP contribution < -0.4 is 9.47 Å². The summed E-state index contributed by atoms with van der Waals surface area (Å²) in [6.07, 6.45) is 3.56. The van der Waals surface area contributed by atoms with Crippen molar-refractivity contribution in [3.63, 3.8) is 0 Å². The zero-order valence-corrected chi connectivity index (χ0v) is 15.3. The summed E-state index contributed by atoms with van der Waals surface area (Å²) in [7, 11) is 2.87. The fourth-order valence-corrected chi connectivity index (χ4v) is 3.04. The lowest BCUT2D eigenvalue weighted by atomic mass is 10.00. The maximum Gasteiger partial charge on any atom is 0.199 e. The molecule has 0 radical (unpaired) electrons. The lowest BCUT2D eigenvalue weighted by molar-refractivity contribution is 0.103. The molecular formula is C20H15ClFNO4. The van der Waals surface area contributed by atoms with Crippen molar-refractivity contribution in [2.45, 2.75) is 0 Å². The number of ether oxygens (including phenoxy) is 2. The maximum atomic E-state index is 14.7. The van der Waals surface area contributed by atoms with Gasteiger partial charge in [0.15, 0.2) is 23.6 Å². The number of carbonyl (C=O) groups is 2. The predicted molar refractivity (Wildman–Crippen MR) is 99.1 cm³/mol. The number of rotatable bonds is 6. The summed E-state index contributed by atoms with van der Waals surface area (Å²) in [5.74, 6) is -0.585. The zero-order valence-electron chi connectivity index (χ0n) is 14.5. The minimum Gasteiger partial charge on any atom is -0.493 e. The highest BCUT2D eigenvalue weighted by atomic mass is 35.5. The third kappa shape index (κ3) is 3.44. The highest BCUT2D eigenvalue weighted by Gasteiger charge is 2.24. The van der Waals surface area contributed by atoms with Crippen LogP contribution in [0, 0.1) is 5.82 Å². The van der Waals surface area contributed by atoms with Crippen molar-refractivity contribution < 1.29 is 23.5 Å². The molecule has 0 aliphatic heterocycles. The molecule has 7 heteroatoms. The largest absolute Gasteiger partial charge is 0.493 e. The molecule has 1 heterocycles. The Kier molecular flexibility index (Phi) is 5.28. The average Bonchev–Trinajstić information content (AvgIpc) is 3.14. The van der Waals surface area contributed by atoms with Crippen molar-refractivity contribution in [2.75, 3.05) is 14.2 Å². The van der Waals surface area contributed by atoms with Gasteiger partial charge in [-0.05, 0) is 30.3 Å². The molecule has 0 saturated carbocycles. The van der Waals surface area contributed by atoms with E-state index >= 15 is 0 Å². The lowest BCUT2D eigenvalue weighted by Crippen LogP contribution is -2.11. The molecule has 0 spiro atoms. The topological polar surface area (TPSA) is 57.5 Å². The van der Waals surface area contributed by atoms with E-state index in [0.717, 1.165) is 6.07 Å². The Bertz CT molecular complexity index is 1030. The van der Waals surface area contributed by atoms with Gasteiger partial charge in [0.1, 0.15) is 5.82 Å². The third-order valence-corrected chi connectivity index (χ3v) is 4.25. The van der Waals surface area contributed by atoms with Gasteiger partial charge >= 0.3 is 0 Å². The number of hydrogen-bond donors (Lipinski definition) is 0. The molecule has 3 aromatic rings. The standard InChI is InChI=1S/C20H15ClFNO4/c1-26-17-5-3-4-14(20(17)27-2)19(25)15-8-13(21)9-16(22)18(15)23-7-6-12(10-23)11-24/h3-11H,1-2H3. The molecule has 5 nitrogen and oxygen atoms in total. The van der Waals surface area contributed by atoms with Crippen LogP contribution in [0.4, 0.5) is 4.39 Å². The van der Waals surface area contributed by atoms with Gasteiger partial charge < -0.3 is 14.0 Å². The van der Waals surface area contributed by atoms with Crippen LogP contribution in [0.2, 0.25) is 5.02 Å². The Morgan fingerprint density at radius 1 is 1.15 bits per heavy atom. The fraction of sp³-hybridized carbons (Fsp3) is 0.100. The first-order chi connectivity index (χ1) is 13.0. The van der Waals surface area contributed by atoms with Gasteiger partial charge in [0.2, 0.25) is 0 Å². The van der Waals surface area contributed by atoms with Crippen molar-refractivity contribution in [1.29, 1.82) is 0 Å². The second-order valence-electron chi connectivity index (χ2n) is 5.62. The molecule has 1 aromatic heterocycles. The summed E-state index contributed by atoms with van der Waals surface area (Å²) in [5.41, 5.74) is 0.561. The first-order valence-electron chi connectivity index (χ1n) is 7.88. The van der Waals surface area contributed by atoms with Gasteiger partial charge in [0.05, 0.1) is 31.0 Å². The first kappa shape index (κ1) is 18.7. The number of nitrogens with zero attached hydrogens (tertiary/aromatic N) is 1. The van der Waals surface area contributed by atoms with E-state index in [2.05, 4.69) is 0 Å². The molecule has 3 rings (SSSR count). The Hall–Kier alpha value is -3.12. The van der Waals surface area contributed by atoms with Crippen LogP contribution >= 0.6 is 11.6 Å². The van der Waals surface area contributed by atoms with E-state index in [1.807, 2.05) is 0 Å². The molecule has 27 heavy (non-hydrogen) atoms. The summed E-state index contributed by atoms with van der Waals surface area (Å²) >= 11 is 5.99. The van der Waals surface area contributed by atoms with Gasteiger partial charge in [-0.2, -0.15) is 0 Å². The van der Waals surface area contributed by atoms with Gasteiger partial charge in [-0.25, -0.2) is 4.39 Å². The summed E-state index contributed by atoms with van der Waals surface area (Å²) in [4.78, 5) is 24.2. The normalized spacial score (nSPS) is 10.5. The van der Waals surface area contributed by atoms with Crippen LogP contribution in [0.1, 0.15) is 26.3 Å². The van der Waals surface area contributed by atoms with E-state index in [1.54, 1.807) is 18.2 Å². The van der Waals surface area contributed by atoms with Crippen molar-refractivity contribution in [3.05, 3.63) is 76.3 Å². The molecule has 0 fully saturated rings. The Morgan fingerprint density at radius 3 is 2.56 bits per heavy atom. The van der Waals surface area contributed by atoms with Crippen LogP contribution in [0.5, 0.6) is 11.5 Å². The average molecular weight is 388 g/mol. The van der Waals surface area contributed by atoms with Gasteiger partial charge in [-0.15, -0.1) is 0 Å². The molecule has 0 unspecified atom stereocenters. The second-order valence-corrected chi connectivity index (χ2v) is 6.06. The number of para-hydroxylation sites is 1. The van der Waals surface area contributed by atoms with Gasteiger partial charge in [-0.3, -0.25) is 9.59 Å². The number of hydrogen-bond acceptors (Lipinski definition) is 4. The van der Waals surface area contributed by atoms with Crippen molar-refractivity contribution in [2.24, 2.45) is 0 Å². The number of ketones is 1. The number of halogens is 2. The van der Waals surface area contributed by atoms with Gasteiger partial charge in [-0.1, -0.05) is 17.7 Å². The van der Waals surface area contributed by atoms with E-state index in [9.17, 15) is 14.0 Å². The van der Waals surface area contributed by atoms with Crippen LogP contribution in [0.25, 0.3) is 5.69 Å². The van der Waals surface area contributed by atoms with E-state index in [-0.39, 0.29) is 27.6 Å². The lowest BCUT2D eigenvalue weighted by Gasteiger charge is -2.15. The van der Waals surface area contributed by atoms with Crippen LogP contribution in [0.3, 0.4) is 0 Å². The van der Waals surface area contributed by atoms with Gasteiger partial charge in [0, 0.05) is 23.0 Å². The molecule has 0 atom stereocenters. The Labute approximate surface area is 159 Å². The molecule has 2 aromatic carbocycles. The quantitative estimate of drug-likeness (QED) is 0.466. The van der Waals surface area contributed by atoms with E-state index in [1.165, 1.54) is 43.3 Å². The smallest absolute Gasteiger partial charge is 0.199 e. The number of methoxy groups -OCH3 is 2. The SMILES string of the molecule is COc1cccc(C(=O)c2cc(Cl)cc(F)c2-n2ccc(C=O)c2)c1OC. The van der Waals surface area contributed by atoms with Crippen molar-refractivity contribution >= 4 is 23.7 Å². The number of carbonyl (C=O) groups excluding carboxylic acids is 2. The fourth-order valence-electron chi connectivity index (χ4n) is 2.83. The van der Waals surface area contributed by atoms with E-state index in [4.69, 9.17) is 21.1 Å². The number of aromatic nitrogens is 1. The minimum atomic E-state index is -0.694. The number of benzene rings is 2. The molecule has 0 saturated heterocycles. The van der Waals surface area contributed by atoms with Crippen molar-refractivity contribution in [3.8, 4) is 17.2 Å². The predicted octanol–water partition coefficient (Wildman–Crippen LogP) is 4.33. The molecular weight excluding hydrogens is 373 g/mol.